The molecule has 1 rings (SSSR count). The number of esters is 1. The molecular formula is C11H20O2. The van der Waals surface area contributed by atoms with Gasteiger partial charge in [-0.15, -0.1) is 0 Å². The van der Waals surface area contributed by atoms with Crippen LogP contribution in [0, 0.1) is 5.92 Å². The highest BCUT2D eigenvalue weighted by Crippen LogP contribution is 2.29. The minimum Gasteiger partial charge on any atom is -0.462 e. The Hall–Kier alpha value is -0.530. The Morgan fingerprint density at radius 3 is 2.62 bits per heavy atom. The Morgan fingerprint density at radius 2 is 2.00 bits per heavy atom. The maximum Gasteiger partial charge on any atom is 0.305 e. The van der Waals surface area contributed by atoms with Crippen molar-refractivity contribution in [3.05, 3.63) is 0 Å². The fourth-order valence-corrected chi connectivity index (χ4v) is 2.05. The third-order valence-electron chi connectivity index (χ3n) is 2.94. The third-order valence-corrected chi connectivity index (χ3v) is 2.94. The molecule has 0 aromatic heterocycles. The predicted molar refractivity (Wildman–Crippen MR) is 52.4 cm³/mol. The summed E-state index contributed by atoms with van der Waals surface area (Å²) in [7, 11) is 0. The highest BCUT2D eigenvalue weighted by molar-refractivity contribution is 5.69. The standard InChI is InChI=1S/C11H20O2/c1-3-9-7-5-6-8-10(9)13-11(12)4-2/h9-10H,3-8H2,1-2H3. The fraction of sp³-hybridized carbons (Fsp3) is 0.909. The van der Waals surface area contributed by atoms with Crippen LogP contribution in [0.3, 0.4) is 0 Å². The van der Waals surface area contributed by atoms with E-state index in [4.69, 9.17) is 4.74 Å². The van der Waals surface area contributed by atoms with Crippen LogP contribution in [0.1, 0.15) is 52.4 Å². The van der Waals surface area contributed by atoms with E-state index in [0.717, 1.165) is 12.8 Å². The largest absolute Gasteiger partial charge is 0.462 e. The highest BCUT2D eigenvalue weighted by atomic mass is 16.5. The molecule has 2 atom stereocenters. The van der Waals surface area contributed by atoms with Crippen molar-refractivity contribution in [1.82, 2.24) is 0 Å². The van der Waals surface area contributed by atoms with Crippen molar-refractivity contribution < 1.29 is 9.53 Å². The predicted octanol–water partition coefficient (Wildman–Crippen LogP) is 2.91. The van der Waals surface area contributed by atoms with Crippen LogP contribution in [0.2, 0.25) is 0 Å². The van der Waals surface area contributed by atoms with Crippen molar-refractivity contribution >= 4 is 5.97 Å². The molecule has 0 saturated heterocycles. The van der Waals surface area contributed by atoms with Crippen molar-refractivity contribution in [2.24, 2.45) is 5.92 Å². The summed E-state index contributed by atoms with van der Waals surface area (Å²) in [4.78, 5) is 11.1. The lowest BCUT2D eigenvalue weighted by Gasteiger charge is -2.30. The summed E-state index contributed by atoms with van der Waals surface area (Å²) in [6.45, 7) is 4.04. The number of carbonyl (C=O) groups excluding carboxylic acids is 1. The van der Waals surface area contributed by atoms with Crippen molar-refractivity contribution in [2.75, 3.05) is 0 Å². The number of hydrogen-bond donors (Lipinski definition) is 0. The van der Waals surface area contributed by atoms with Gasteiger partial charge in [-0.05, 0) is 31.6 Å². The Kier molecular flexibility index (Phi) is 4.26. The third kappa shape index (κ3) is 3.02. The van der Waals surface area contributed by atoms with E-state index in [0.29, 0.717) is 12.3 Å². The first-order valence-corrected chi connectivity index (χ1v) is 5.47. The van der Waals surface area contributed by atoms with Gasteiger partial charge in [0.2, 0.25) is 0 Å². The molecule has 0 N–H and O–H groups in total. The van der Waals surface area contributed by atoms with Gasteiger partial charge in [-0.25, -0.2) is 0 Å². The normalized spacial score (nSPS) is 28.5. The lowest BCUT2D eigenvalue weighted by molar-refractivity contribution is -0.153. The molecule has 2 unspecified atom stereocenters. The minimum absolute atomic E-state index is 0.0367. The van der Waals surface area contributed by atoms with Gasteiger partial charge in [-0.1, -0.05) is 20.3 Å². The van der Waals surface area contributed by atoms with E-state index < -0.39 is 0 Å². The molecule has 0 aliphatic heterocycles. The molecule has 0 heterocycles. The van der Waals surface area contributed by atoms with Gasteiger partial charge in [0.05, 0.1) is 0 Å². The minimum atomic E-state index is -0.0367. The van der Waals surface area contributed by atoms with Gasteiger partial charge in [0, 0.05) is 6.42 Å². The second-order valence-electron chi connectivity index (χ2n) is 3.83. The van der Waals surface area contributed by atoms with E-state index in [1.807, 2.05) is 6.92 Å². The van der Waals surface area contributed by atoms with E-state index in [1.165, 1.54) is 19.3 Å². The molecule has 76 valence electrons. The number of carbonyl (C=O) groups is 1. The van der Waals surface area contributed by atoms with Crippen LogP contribution in [0.5, 0.6) is 0 Å². The molecule has 0 aromatic rings. The van der Waals surface area contributed by atoms with E-state index >= 15 is 0 Å². The molecule has 0 bridgehead atoms. The summed E-state index contributed by atoms with van der Waals surface area (Å²) < 4.78 is 5.41. The molecule has 13 heavy (non-hydrogen) atoms. The highest BCUT2D eigenvalue weighted by Gasteiger charge is 2.26. The summed E-state index contributed by atoms with van der Waals surface area (Å²) in [6, 6.07) is 0. The van der Waals surface area contributed by atoms with Gasteiger partial charge in [0.15, 0.2) is 0 Å². The van der Waals surface area contributed by atoms with E-state index in [9.17, 15) is 4.79 Å². The topological polar surface area (TPSA) is 26.3 Å². The van der Waals surface area contributed by atoms with Crippen LogP contribution in [0.25, 0.3) is 0 Å². The second-order valence-corrected chi connectivity index (χ2v) is 3.83. The molecular weight excluding hydrogens is 164 g/mol. The quantitative estimate of drug-likeness (QED) is 0.630. The SMILES string of the molecule is CCC(=O)OC1CCCCC1CC. The van der Waals surface area contributed by atoms with E-state index in [2.05, 4.69) is 6.92 Å². The summed E-state index contributed by atoms with van der Waals surface area (Å²) in [5.41, 5.74) is 0. The number of rotatable bonds is 3. The first-order chi connectivity index (χ1) is 6.27. The Labute approximate surface area is 80.7 Å². The molecule has 0 amide bonds. The summed E-state index contributed by atoms with van der Waals surface area (Å²) in [5.74, 6) is 0.578. The summed E-state index contributed by atoms with van der Waals surface area (Å²) in [5, 5.41) is 0. The smallest absolute Gasteiger partial charge is 0.305 e. The summed E-state index contributed by atoms with van der Waals surface area (Å²) in [6.07, 6.45) is 6.69. The lowest BCUT2D eigenvalue weighted by Crippen LogP contribution is -2.29. The molecule has 0 aromatic carbocycles. The Bertz CT molecular complexity index is 165. The average Bonchev–Trinajstić information content (AvgIpc) is 2.18. The molecule has 2 nitrogen and oxygen atoms in total. The van der Waals surface area contributed by atoms with E-state index in [1.54, 1.807) is 0 Å². The maximum absolute atomic E-state index is 11.1. The Balaban J connectivity index is 2.40. The zero-order valence-electron chi connectivity index (χ0n) is 8.71. The van der Waals surface area contributed by atoms with Crippen molar-refractivity contribution in [1.29, 1.82) is 0 Å². The van der Waals surface area contributed by atoms with Gasteiger partial charge in [0.25, 0.3) is 0 Å². The first kappa shape index (κ1) is 10.6. The monoisotopic (exact) mass is 184 g/mol. The van der Waals surface area contributed by atoms with Gasteiger partial charge in [-0.3, -0.25) is 4.79 Å². The second kappa shape index (κ2) is 5.25. The van der Waals surface area contributed by atoms with Crippen LogP contribution in [-0.2, 0) is 9.53 Å². The molecule has 0 spiro atoms. The van der Waals surface area contributed by atoms with Crippen LogP contribution in [0.4, 0.5) is 0 Å². The number of ether oxygens (including phenoxy) is 1. The fourth-order valence-electron chi connectivity index (χ4n) is 2.05. The van der Waals surface area contributed by atoms with Crippen LogP contribution in [-0.4, -0.2) is 12.1 Å². The number of hydrogen-bond acceptors (Lipinski definition) is 2. The van der Waals surface area contributed by atoms with Crippen molar-refractivity contribution in [3.8, 4) is 0 Å². The maximum atomic E-state index is 11.1. The Morgan fingerprint density at radius 1 is 1.31 bits per heavy atom. The summed E-state index contributed by atoms with van der Waals surface area (Å²) >= 11 is 0. The molecule has 1 aliphatic rings. The lowest BCUT2D eigenvalue weighted by atomic mass is 9.85. The zero-order valence-corrected chi connectivity index (χ0v) is 8.71. The molecule has 0 radical (unpaired) electrons. The average molecular weight is 184 g/mol. The molecule has 1 saturated carbocycles. The molecule has 1 aliphatic carbocycles. The van der Waals surface area contributed by atoms with E-state index in [-0.39, 0.29) is 12.1 Å². The van der Waals surface area contributed by atoms with Crippen LogP contribution < -0.4 is 0 Å². The van der Waals surface area contributed by atoms with Crippen LogP contribution >= 0.6 is 0 Å². The van der Waals surface area contributed by atoms with Gasteiger partial charge in [-0.2, -0.15) is 0 Å². The first-order valence-electron chi connectivity index (χ1n) is 5.47. The van der Waals surface area contributed by atoms with Crippen molar-refractivity contribution in [3.63, 3.8) is 0 Å². The van der Waals surface area contributed by atoms with Gasteiger partial charge >= 0.3 is 5.97 Å². The zero-order chi connectivity index (χ0) is 9.68. The molecule has 2 heteroatoms. The van der Waals surface area contributed by atoms with Gasteiger partial charge in [0.1, 0.15) is 6.10 Å². The van der Waals surface area contributed by atoms with Crippen molar-refractivity contribution in [2.45, 2.75) is 58.5 Å². The van der Waals surface area contributed by atoms with Crippen LogP contribution in [0.15, 0.2) is 0 Å². The van der Waals surface area contributed by atoms with Gasteiger partial charge < -0.3 is 4.74 Å². The molecule has 1 fully saturated rings.